The molecule has 350 valence electrons. The lowest BCUT2D eigenvalue weighted by molar-refractivity contribution is -0.125. The smallest absolute Gasteiger partial charge is 0.261 e. The number of hydrogen-bond acceptors (Lipinski definition) is 15. The summed E-state index contributed by atoms with van der Waals surface area (Å²) in [5, 5.41) is 29.6. The number of anilines is 3. The Hall–Kier alpha value is -5.46. The number of hydrogen-bond donors (Lipinski definition) is 3. The van der Waals surface area contributed by atoms with Crippen molar-refractivity contribution in [2.75, 3.05) is 67.2 Å². The number of ether oxygens (including phenoxy) is 2. The van der Waals surface area contributed by atoms with Crippen molar-refractivity contribution in [3.05, 3.63) is 76.3 Å². The zero-order valence-corrected chi connectivity index (χ0v) is 39.0. The second-order valence-corrected chi connectivity index (χ2v) is 19.8. The maximum Gasteiger partial charge on any atom is 0.261 e. The van der Waals surface area contributed by atoms with Crippen molar-refractivity contribution in [2.24, 2.45) is 7.05 Å². The van der Waals surface area contributed by atoms with Crippen LogP contribution in [0.3, 0.4) is 0 Å². The Morgan fingerprint density at radius 1 is 1.11 bits per heavy atom. The maximum absolute atomic E-state index is 15.7. The van der Waals surface area contributed by atoms with Crippen molar-refractivity contribution < 1.29 is 33.0 Å². The lowest BCUT2D eigenvalue weighted by Crippen LogP contribution is -2.46. The molecule has 3 fully saturated rings. The number of halogens is 2. The van der Waals surface area contributed by atoms with Crippen molar-refractivity contribution in [1.82, 2.24) is 29.0 Å². The second-order valence-electron chi connectivity index (χ2n) is 17.5. The largest absolute Gasteiger partial charge is 0.453 e. The molecule has 4 heterocycles. The third-order valence-electron chi connectivity index (χ3n) is 13.2. The standard InChI is InChI=1S/C46H54F2N10O6S2/c1-5-55(3)66-53-38-9-7-35(47)42(34(38)24-49)64-30-6-8-37-32(20-30)44(61)58(27-50-37)29-23-46(63-25-29)13-10-31(11-14-46)65-26-45(62)15-18-57(19-16-45)40-22-39-33(21-36(40)48)43(52-56(39)4)54(2)17-12-41(60)51-28-59/h6-9,20-22,27-29,31,53,62H,5,10-19,23,25-26H2,1-4H3,(H,51,59,60). The summed E-state index contributed by atoms with van der Waals surface area (Å²) in [6.45, 7) is 4.39. The number of piperidine rings is 1. The first-order chi connectivity index (χ1) is 31.7. The Morgan fingerprint density at radius 2 is 1.88 bits per heavy atom. The van der Waals surface area contributed by atoms with Crippen molar-refractivity contribution in [3.63, 3.8) is 0 Å². The van der Waals surface area contributed by atoms with Gasteiger partial charge in [0.25, 0.3) is 5.56 Å². The number of carbonyl (C=O) groups excluding carboxylic acids is 2. The van der Waals surface area contributed by atoms with E-state index in [1.54, 1.807) is 64.5 Å². The predicted octanol–water partition coefficient (Wildman–Crippen LogP) is 6.66. The monoisotopic (exact) mass is 944 g/mol. The van der Waals surface area contributed by atoms with Crippen LogP contribution in [0.25, 0.3) is 21.8 Å². The van der Waals surface area contributed by atoms with Crippen LogP contribution in [0, 0.1) is 23.0 Å². The lowest BCUT2D eigenvalue weighted by atomic mass is 9.82. The SMILES string of the molecule is CCN(C)SNc1ccc(F)c(Oc2ccc3ncn(C4COC5(CCC(SCC6(O)CCN(c7cc8c(cc7F)c(N(C)CCC(=O)NC=O)nn8C)CC6)CC5)C4)c(=O)c3c2)c1C#N. The minimum Gasteiger partial charge on any atom is -0.453 e. The first kappa shape index (κ1) is 47.0. The molecule has 2 saturated heterocycles. The van der Waals surface area contributed by atoms with Crippen LogP contribution in [-0.2, 0) is 21.4 Å². The van der Waals surface area contributed by atoms with Crippen LogP contribution in [0.2, 0.25) is 0 Å². The van der Waals surface area contributed by atoms with Crippen LogP contribution in [0.15, 0.2) is 53.6 Å². The fourth-order valence-corrected chi connectivity index (χ4v) is 11.1. The van der Waals surface area contributed by atoms with Crippen LogP contribution in [0.4, 0.5) is 26.0 Å². The molecule has 1 spiro atoms. The van der Waals surface area contributed by atoms with Gasteiger partial charge in [-0.3, -0.25) is 28.9 Å². The van der Waals surface area contributed by atoms with Gasteiger partial charge in [-0.15, -0.1) is 0 Å². The summed E-state index contributed by atoms with van der Waals surface area (Å²) in [4.78, 5) is 44.7. The molecule has 3 aromatic carbocycles. The van der Waals surface area contributed by atoms with Crippen LogP contribution >= 0.6 is 23.9 Å². The van der Waals surface area contributed by atoms with Gasteiger partial charge in [0, 0.05) is 75.2 Å². The van der Waals surface area contributed by atoms with Gasteiger partial charge in [0.15, 0.2) is 17.4 Å². The van der Waals surface area contributed by atoms with E-state index in [-0.39, 0.29) is 46.5 Å². The Labute approximate surface area is 389 Å². The topological polar surface area (TPSA) is 183 Å². The minimum absolute atomic E-state index is 0.00363. The molecular weight excluding hydrogens is 891 g/mol. The summed E-state index contributed by atoms with van der Waals surface area (Å²) >= 11 is 3.07. The Morgan fingerprint density at radius 3 is 2.61 bits per heavy atom. The molecular formula is C46H54F2N10O6S2. The second kappa shape index (κ2) is 19.8. The van der Waals surface area contributed by atoms with Crippen LogP contribution in [0.1, 0.15) is 69.9 Å². The van der Waals surface area contributed by atoms with E-state index in [9.17, 15) is 24.8 Å². The first-order valence-electron chi connectivity index (χ1n) is 22.1. The number of carbonyl (C=O) groups is 2. The van der Waals surface area contributed by atoms with Gasteiger partial charge in [-0.1, -0.05) is 6.92 Å². The number of amides is 2. The number of nitrogens with one attached hydrogen (secondary N) is 2. The van der Waals surface area contributed by atoms with Gasteiger partial charge >= 0.3 is 0 Å². The molecule has 2 amide bonds. The molecule has 20 heteroatoms. The molecule has 1 aliphatic carbocycles. The number of imide groups is 1. The third kappa shape index (κ3) is 9.95. The molecule has 3 N–H and O–H groups in total. The molecule has 1 saturated carbocycles. The van der Waals surface area contributed by atoms with E-state index in [2.05, 4.69) is 20.1 Å². The number of aliphatic hydroxyl groups is 1. The minimum atomic E-state index is -0.877. The van der Waals surface area contributed by atoms with Crippen molar-refractivity contribution in [3.8, 4) is 17.6 Å². The van der Waals surface area contributed by atoms with E-state index >= 15 is 8.78 Å². The highest BCUT2D eigenvalue weighted by Crippen LogP contribution is 2.46. The van der Waals surface area contributed by atoms with Gasteiger partial charge < -0.3 is 29.1 Å². The number of aryl methyl sites for hydroxylation is 1. The van der Waals surface area contributed by atoms with E-state index in [0.29, 0.717) is 96.4 Å². The van der Waals surface area contributed by atoms with Gasteiger partial charge in [0.1, 0.15) is 23.2 Å². The van der Waals surface area contributed by atoms with Gasteiger partial charge in [-0.2, -0.15) is 22.1 Å². The van der Waals surface area contributed by atoms with E-state index < -0.39 is 17.3 Å². The molecule has 2 aliphatic heterocycles. The van der Waals surface area contributed by atoms with Gasteiger partial charge in [0.2, 0.25) is 12.3 Å². The number of rotatable bonds is 16. The number of thioether (sulfide) groups is 1. The molecule has 0 radical (unpaired) electrons. The summed E-state index contributed by atoms with van der Waals surface area (Å²) in [7, 11) is 5.44. The number of fused-ring (bicyclic) bond motifs is 2. The van der Waals surface area contributed by atoms with Crippen molar-refractivity contribution in [1.29, 1.82) is 5.26 Å². The van der Waals surface area contributed by atoms with Gasteiger partial charge in [-0.25, -0.2) is 18.1 Å². The van der Waals surface area contributed by atoms with Gasteiger partial charge in [0.05, 0.1) is 58.0 Å². The molecule has 5 aromatic rings. The zero-order valence-electron chi connectivity index (χ0n) is 37.4. The molecule has 66 heavy (non-hydrogen) atoms. The predicted molar refractivity (Wildman–Crippen MR) is 253 cm³/mol. The van der Waals surface area contributed by atoms with Crippen LogP contribution in [-0.4, -0.2) is 110 Å². The number of aromatic nitrogens is 4. The van der Waals surface area contributed by atoms with E-state index in [0.717, 1.165) is 37.7 Å². The lowest BCUT2D eigenvalue weighted by Gasteiger charge is -2.41. The third-order valence-corrected chi connectivity index (χ3v) is 15.7. The average Bonchev–Trinajstić information content (AvgIpc) is 3.87. The van der Waals surface area contributed by atoms with Crippen molar-refractivity contribution >= 4 is 75.2 Å². The molecule has 8 rings (SSSR count). The molecule has 3 aliphatic rings. The number of benzene rings is 3. The van der Waals surface area contributed by atoms with Crippen LogP contribution < -0.4 is 30.1 Å². The normalized spacial score (nSPS) is 20.5. The van der Waals surface area contributed by atoms with Crippen LogP contribution in [0.5, 0.6) is 11.5 Å². The summed E-state index contributed by atoms with van der Waals surface area (Å²) in [5.41, 5.74) is 0.574. The Kier molecular flexibility index (Phi) is 14.1. The number of nitrogens with zero attached hydrogens (tertiary/aromatic N) is 8. The summed E-state index contributed by atoms with van der Waals surface area (Å²) in [6, 6.07) is 12.6. The number of nitriles is 1. The highest BCUT2D eigenvalue weighted by molar-refractivity contribution is 8.00. The fraction of sp³-hybridized carbons (Fsp3) is 0.478. The summed E-state index contributed by atoms with van der Waals surface area (Å²) < 4.78 is 51.6. The highest BCUT2D eigenvalue weighted by atomic mass is 32.2. The summed E-state index contributed by atoms with van der Waals surface area (Å²) in [6.07, 6.45) is 7.15. The quantitative estimate of drug-likeness (QED) is 0.0705. The maximum atomic E-state index is 15.7. The average molecular weight is 945 g/mol. The highest BCUT2D eigenvalue weighted by Gasteiger charge is 2.45. The summed E-state index contributed by atoms with van der Waals surface area (Å²) in [5.74, 6) is -0.417. The first-order valence-corrected chi connectivity index (χ1v) is 23.9. The molecule has 16 nitrogen and oxygen atoms in total. The van der Waals surface area contributed by atoms with Gasteiger partial charge in [-0.05, 0) is 94.5 Å². The van der Waals surface area contributed by atoms with E-state index in [4.69, 9.17) is 9.47 Å². The molecule has 0 bridgehead atoms. The molecule has 2 aromatic heterocycles. The molecule has 1 unspecified atom stereocenters. The van der Waals surface area contributed by atoms with E-state index in [1.807, 2.05) is 29.2 Å². The van der Waals surface area contributed by atoms with Crippen molar-refractivity contribution in [2.45, 2.75) is 80.8 Å². The fourth-order valence-electron chi connectivity index (χ4n) is 9.10. The Bertz CT molecular complexity index is 2710. The molecule has 1 atom stereocenters. The zero-order chi connectivity index (χ0) is 46.8. The van der Waals surface area contributed by atoms with E-state index in [1.165, 1.54) is 36.4 Å². The Balaban J connectivity index is 0.845.